The van der Waals surface area contributed by atoms with Gasteiger partial charge in [-0.3, -0.25) is 24.3 Å². The van der Waals surface area contributed by atoms with E-state index >= 15 is 0 Å². The van der Waals surface area contributed by atoms with Gasteiger partial charge < -0.3 is 0 Å². The lowest BCUT2D eigenvalue weighted by atomic mass is 9.91. The number of aryl methyl sites for hydroxylation is 1. The highest BCUT2D eigenvalue weighted by atomic mass is 16.2. The van der Waals surface area contributed by atoms with Crippen molar-refractivity contribution < 1.29 is 9.59 Å². The van der Waals surface area contributed by atoms with Crippen LogP contribution in [0.3, 0.4) is 0 Å². The van der Waals surface area contributed by atoms with E-state index in [0.717, 1.165) is 88.5 Å². The molecule has 0 atom stereocenters. The molecule has 342 valence electrons. The Bertz CT molecular complexity index is 3380. The topological polar surface area (TPSA) is 93.4 Å². The SMILES string of the molecule is CC1=C(C#N)C(=O)N(C)C(=O)/C1=C/C=C1/N(c2c(-c3ccc(-c4ccccc4)cc3)cc(C)cc2-c2ccc(-c3ccccc3)cc2)c2nc3ccccc3nc2N1c1c(C(C)C)cccc1C(C)C. The number of anilines is 4. The number of hydrogen-bond acceptors (Lipinski definition) is 7. The summed E-state index contributed by atoms with van der Waals surface area (Å²) in [5, 5.41) is 10.2. The molecule has 10 rings (SSSR count). The van der Waals surface area contributed by atoms with Gasteiger partial charge in [0.1, 0.15) is 17.5 Å². The molecule has 0 aliphatic carbocycles. The van der Waals surface area contributed by atoms with E-state index in [1.807, 2.05) is 42.5 Å². The van der Waals surface area contributed by atoms with Gasteiger partial charge in [-0.05, 0) is 118 Å². The molecule has 0 bridgehead atoms. The number of carbonyl (C=O) groups excluding carboxylic acids is 2. The van der Waals surface area contributed by atoms with E-state index in [4.69, 9.17) is 9.97 Å². The van der Waals surface area contributed by atoms with Crippen molar-refractivity contribution in [2.24, 2.45) is 0 Å². The first-order valence-electron chi connectivity index (χ1n) is 23.7. The van der Waals surface area contributed by atoms with Crippen molar-refractivity contribution in [1.29, 1.82) is 5.26 Å². The number of rotatable bonds is 9. The lowest BCUT2D eigenvalue weighted by molar-refractivity contribution is -0.138. The Morgan fingerprint density at radius 2 is 0.943 bits per heavy atom. The molecule has 0 saturated carbocycles. The summed E-state index contributed by atoms with van der Waals surface area (Å²) in [6.07, 6.45) is 3.69. The van der Waals surface area contributed by atoms with Crippen molar-refractivity contribution in [1.82, 2.24) is 14.9 Å². The third kappa shape index (κ3) is 7.95. The summed E-state index contributed by atoms with van der Waals surface area (Å²) in [5.74, 6) is 1.01. The number of benzene rings is 7. The summed E-state index contributed by atoms with van der Waals surface area (Å²) in [5.41, 5.74) is 15.5. The van der Waals surface area contributed by atoms with Crippen LogP contribution in [-0.4, -0.2) is 33.7 Å². The number of nitrogens with zero attached hydrogens (tertiary/aromatic N) is 6. The van der Waals surface area contributed by atoms with Gasteiger partial charge in [-0.1, -0.05) is 167 Å². The zero-order chi connectivity index (χ0) is 48.8. The summed E-state index contributed by atoms with van der Waals surface area (Å²) in [6.45, 7) is 12.6. The van der Waals surface area contributed by atoms with E-state index in [1.54, 1.807) is 13.0 Å². The highest BCUT2D eigenvalue weighted by Gasteiger charge is 2.42. The third-order valence-electron chi connectivity index (χ3n) is 13.4. The third-order valence-corrected chi connectivity index (χ3v) is 13.4. The van der Waals surface area contributed by atoms with Gasteiger partial charge in [0, 0.05) is 23.7 Å². The quantitative estimate of drug-likeness (QED) is 0.105. The maximum atomic E-state index is 14.2. The van der Waals surface area contributed by atoms with Gasteiger partial charge in [-0.25, -0.2) is 9.97 Å². The van der Waals surface area contributed by atoms with Crippen molar-refractivity contribution >= 4 is 45.9 Å². The van der Waals surface area contributed by atoms with Gasteiger partial charge in [0.05, 0.1) is 22.4 Å². The lowest BCUT2D eigenvalue weighted by Crippen LogP contribution is -2.39. The Morgan fingerprint density at radius 3 is 1.40 bits per heavy atom. The first-order chi connectivity index (χ1) is 33.9. The van der Waals surface area contributed by atoms with E-state index in [1.165, 1.54) is 7.05 Å². The molecule has 8 aromatic rings. The minimum atomic E-state index is -0.621. The predicted octanol–water partition coefficient (Wildman–Crippen LogP) is 14.7. The van der Waals surface area contributed by atoms with Crippen LogP contribution in [0.4, 0.5) is 23.0 Å². The van der Waals surface area contributed by atoms with Gasteiger partial charge in [0.25, 0.3) is 11.8 Å². The molecule has 0 radical (unpaired) electrons. The zero-order valence-electron chi connectivity index (χ0n) is 40.4. The highest BCUT2D eigenvalue weighted by Crippen LogP contribution is 2.55. The molecule has 8 nitrogen and oxygen atoms in total. The smallest absolute Gasteiger partial charge is 0.271 e. The van der Waals surface area contributed by atoms with Crippen molar-refractivity contribution in [2.75, 3.05) is 16.8 Å². The first kappa shape index (κ1) is 45.1. The van der Waals surface area contributed by atoms with Crippen molar-refractivity contribution in [2.45, 2.75) is 53.4 Å². The number of amides is 2. The maximum Gasteiger partial charge on any atom is 0.271 e. The first-order valence-corrected chi connectivity index (χ1v) is 23.7. The number of para-hydroxylation sites is 3. The molecule has 2 amide bonds. The van der Waals surface area contributed by atoms with Crippen LogP contribution in [0.5, 0.6) is 0 Å². The average Bonchev–Trinajstić information content (AvgIpc) is 3.69. The minimum Gasteiger partial charge on any atom is -0.277 e. The van der Waals surface area contributed by atoms with Crippen molar-refractivity contribution in [3.05, 3.63) is 215 Å². The number of fused-ring (bicyclic) bond motifs is 2. The Balaban J connectivity index is 1.33. The standard InChI is InChI=1S/C62H52N6O2/c1-38(2)48-21-16-22-49(39(3)4)57(48)67-56(34-33-50-41(6)53(37-63)62(70)66(7)61(50)69)68(60-59(67)64-54-23-14-15-24-55(54)65-60)58-51(46-29-25-44(26-30-46)42-17-10-8-11-18-42)35-40(5)36-52(58)47-31-27-45(28-32-47)43-19-12-9-13-20-43/h8-36,38-39H,1-7H3/b50-33+,56-34+. The molecular weight excluding hydrogens is 861 g/mol. The monoisotopic (exact) mass is 912 g/mol. The molecular formula is C62H52N6O2. The van der Waals surface area contributed by atoms with E-state index in [0.29, 0.717) is 23.0 Å². The van der Waals surface area contributed by atoms with Crippen LogP contribution >= 0.6 is 0 Å². The molecule has 70 heavy (non-hydrogen) atoms. The summed E-state index contributed by atoms with van der Waals surface area (Å²) in [4.78, 5) is 43.9. The molecule has 0 fully saturated rings. The predicted molar refractivity (Wildman–Crippen MR) is 284 cm³/mol. The Morgan fingerprint density at radius 1 is 0.514 bits per heavy atom. The van der Waals surface area contributed by atoms with Crippen LogP contribution < -0.4 is 9.80 Å². The zero-order valence-corrected chi connectivity index (χ0v) is 40.4. The summed E-state index contributed by atoms with van der Waals surface area (Å²) >= 11 is 0. The number of nitriles is 1. The molecule has 0 saturated heterocycles. The van der Waals surface area contributed by atoms with Crippen LogP contribution in [0.15, 0.2) is 198 Å². The molecule has 3 heterocycles. The number of imide groups is 1. The summed E-state index contributed by atoms with van der Waals surface area (Å²) in [6, 6.07) is 59.2. The molecule has 2 aliphatic rings. The second-order valence-corrected chi connectivity index (χ2v) is 18.6. The molecule has 1 aromatic heterocycles. The highest BCUT2D eigenvalue weighted by molar-refractivity contribution is 6.18. The maximum absolute atomic E-state index is 14.2. The average molecular weight is 913 g/mol. The summed E-state index contributed by atoms with van der Waals surface area (Å²) in [7, 11) is 1.42. The van der Waals surface area contributed by atoms with Crippen molar-refractivity contribution in [3.63, 3.8) is 0 Å². The van der Waals surface area contributed by atoms with Crippen molar-refractivity contribution in [3.8, 4) is 50.6 Å². The van der Waals surface area contributed by atoms with Gasteiger partial charge in [0.2, 0.25) is 0 Å². The molecule has 0 N–H and O–H groups in total. The molecule has 0 spiro atoms. The van der Waals surface area contributed by atoms with Crippen LogP contribution in [0.1, 0.15) is 63.1 Å². The molecule has 0 unspecified atom stereocenters. The Labute approximate surface area is 409 Å². The number of likely N-dealkylation sites (N-methyl/N-ethyl adjacent to an activating group) is 1. The fourth-order valence-electron chi connectivity index (χ4n) is 9.75. The van der Waals surface area contributed by atoms with E-state index in [9.17, 15) is 14.9 Å². The number of aromatic nitrogens is 2. The van der Waals surface area contributed by atoms with E-state index in [2.05, 4.69) is 178 Å². The fourth-order valence-corrected chi connectivity index (χ4v) is 9.75. The van der Waals surface area contributed by atoms with E-state index in [-0.39, 0.29) is 23.0 Å². The normalized spacial score (nSPS) is 15.0. The van der Waals surface area contributed by atoms with Gasteiger partial charge >= 0.3 is 0 Å². The molecule has 8 heteroatoms. The summed E-state index contributed by atoms with van der Waals surface area (Å²) < 4.78 is 0. The molecule has 7 aromatic carbocycles. The Hall–Kier alpha value is -8.67. The van der Waals surface area contributed by atoms with Gasteiger partial charge in [0.15, 0.2) is 11.6 Å². The van der Waals surface area contributed by atoms with E-state index < -0.39 is 11.8 Å². The van der Waals surface area contributed by atoms with Crippen LogP contribution in [-0.2, 0) is 9.59 Å². The fraction of sp³-hybridized carbons (Fsp3) is 0.145. The second-order valence-electron chi connectivity index (χ2n) is 18.6. The molecule has 2 aliphatic heterocycles. The number of allylic oxidation sites excluding steroid dienone is 2. The number of hydrogen-bond donors (Lipinski definition) is 0. The largest absolute Gasteiger partial charge is 0.277 e. The van der Waals surface area contributed by atoms with Gasteiger partial charge in [-0.2, -0.15) is 5.26 Å². The van der Waals surface area contributed by atoms with Crippen LogP contribution in [0.25, 0.3) is 55.5 Å². The minimum absolute atomic E-state index is 0.0713. The Kier molecular flexibility index (Phi) is 11.9. The van der Waals surface area contributed by atoms with Crippen LogP contribution in [0.2, 0.25) is 0 Å². The van der Waals surface area contributed by atoms with Gasteiger partial charge in [-0.15, -0.1) is 0 Å². The number of carbonyl (C=O) groups is 2. The second kappa shape index (κ2) is 18.4. The van der Waals surface area contributed by atoms with Crippen LogP contribution in [0, 0.1) is 18.3 Å². The lowest BCUT2D eigenvalue weighted by Gasteiger charge is -2.32.